The van der Waals surface area contributed by atoms with Crippen LogP contribution in [0.1, 0.15) is 46.5 Å². The Bertz CT molecular complexity index is 358. The Hall–Kier alpha value is -1.01. The Morgan fingerprint density at radius 1 is 1.24 bits per heavy atom. The summed E-state index contributed by atoms with van der Waals surface area (Å²) < 4.78 is 6.69. The topological polar surface area (TPSA) is 70.7 Å². The van der Waals surface area contributed by atoms with E-state index in [4.69, 9.17) is 16.5 Å². The summed E-state index contributed by atoms with van der Waals surface area (Å²) in [5.74, 6) is -0.0115. The number of amides is 2. The number of ether oxygens (including phenoxy) is 1. The fraction of sp³-hybridized carbons (Fsp3) is 0.857. The predicted octanol–water partition coefficient (Wildman–Crippen LogP) is 2.03. The van der Waals surface area contributed by atoms with Crippen molar-refractivity contribution in [1.29, 1.82) is 0 Å². The minimum atomic E-state index is -0.479. The standard InChI is InChI=1S/C14H26ClN3O3/c1-14(2,3)21-13(20)17-9-5-4-8-16-12(19)11-7-6-10-18(11)15/h11H,4-10H2,1-3H3,(H,16,19)(H,17,20)/t11-/m0/s1. The van der Waals surface area contributed by atoms with Crippen molar-refractivity contribution in [3.63, 3.8) is 0 Å². The van der Waals surface area contributed by atoms with Crippen molar-refractivity contribution in [3.8, 4) is 0 Å². The normalized spacial score (nSPS) is 19.3. The number of unbranched alkanes of at least 4 members (excludes halogenated alkanes) is 1. The Kier molecular flexibility index (Phi) is 7.25. The molecule has 6 nitrogen and oxygen atoms in total. The summed E-state index contributed by atoms with van der Waals surface area (Å²) in [6, 6.07) is -0.202. The van der Waals surface area contributed by atoms with Crippen molar-refractivity contribution in [2.75, 3.05) is 19.6 Å². The molecule has 2 N–H and O–H groups in total. The number of carbonyl (C=O) groups excluding carboxylic acids is 2. The van der Waals surface area contributed by atoms with Gasteiger partial charge in [0.1, 0.15) is 11.6 Å². The third-order valence-electron chi connectivity index (χ3n) is 3.06. The molecule has 1 heterocycles. The van der Waals surface area contributed by atoms with Crippen LogP contribution in [0.5, 0.6) is 0 Å². The highest BCUT2D eigenvalue weighted by Gasteiger charge is 2.29. The minimum absolute atomic E-state index is 0.0115. The molecule has 0 radical (unpaired) electrons. The smallest absolute Gasteiger partial charge is 0.407 e. The lowest BCUT2D eigenvalue weighted by Gasteiger charge is -2.19. The summed E-state index contributed by atoms with van der Waals surface area (Å²) in [5.41, 5.74) is -0.479. The SMILES string of the molecule is CC(C)(C)OC(=O)NCCCCNC(=O)[C@@H]1CCCN1Cl. The van der Waals surface area contributed by atoms with Crippen LogP contribution in [0.4, 0.5) is 4.79 Å². The van der Waals surface area contributed by atoms with E-state index in [1.54, 1.807) is 4.42 Å². The molecule has 1 saturated heterocycles. The summed E-state index contributed by atoms with van der Waals surface area (Å²) in [5, 5.41) is 5.56. The number of nitrogens with zero attached hydrogens (tertiary/aromatic N) is 1. The molecule has 21 heavy (non-hydrogen) atoms. The molecule has 0 aromatic carbocycles. The number of hydrogen-bond acceptors (Lipinski definition) is 4. The third kappa shape index (κ3) is 7.52. The average Bonchev–Trinajstić information content (AvgIpc) is 2.77. The zero-order valence-corrected chi connectivity index (χ0v) is 13.8. The monoisotopic (exact) mass is 319 g/mol. The zero-order chi connectivity index (χ0) is 15.9. The van der Waals surface area contributed by atoms with Gasteiger partial charge in [0.2, 0.25) is 5.91 Å². The number of nitrogens with one attached hydrogen (secondary N) is 2. The maximum Gasteiger partial charge on any atom is 0.407 e. The van der Waals surface area contributed by atoms with Gasteiger partial charge >= 0.3 is 6.09 Å². The molecule has 122 valence electrons. The second-order valence-electron chi connectivity index (χ2n) is 6.21. The summed E-state index contributed by atoms with van der Waals surface area (Å²) in [7, 11) is 0. The number of hydrogen-bond donors (Lipinski definition) is 2. The lowest BCUT2D eigenvalue weighted by atomic mass is 10.2. The number of rotatable bonds is 6. The molecular formula is C14H26ClN3O3. The molecule has 2 amide bonds. The van der Waals surface area contributed by atoms with Gasteiger partial charge in [0.25, 0.3) is 0 Å². The van der Waals surface area contributed by atoms with Gasteiger partial charge in [-0.15, -0.1) is 0 Å². The van der Waals surface area contributed by atoms with E-state index in [-0.39, 0.29) is 11.9 Å². The van der Waals surface area contributed by atoms with Crippen molar-refractivity contribution in [1.82, 2.24) is 15.1 Å². The molecule has 0 bridgehead atoms. The van der Waals surface area contributed by atoms with Crippen LogP contribution >= 0.6 is 11.8 Å². The van der Waals surface area contributed by atoms with Crippen LogP contribution in [0.25, 0.3) is 0 Å². The maximum atomic E-state index is 11.8. The van der Waals surface area contributed by atoms with Gasteiger partial charge in [-0.25, -0.2) is 9.21 Å². The fourth-order valence-corrected chi connectivity index (χ4v) is 2.38. The van der Waals surface area contributed by atoms with E-state index in [1.165, 1.54) is 0 Å². The van der Waals surface area contributed by atoms with Gasteiger partial charge in [-0.2, -0.15) is 0 Å². The molecule has 0 unspecified atom stereocenters. The number of halogens is 1. The van der Waals surface area contributed by atoms with E-state index in [2.05, 4.69) is 10.6 Å². The van der Waals surface area contributed by atoms with Crippen LogP contribution in [0.15, 0.2) is 0 Å². The molecule has 0 aromatic heterocycles. The van der Waals surface area contributed by atoms with E-state index in [0.29, 0.717) is 13.1 Å². The highest BCUT2D eigenvalue weighted by atomic mass is 35.5. The van der Waals surface area contributed by atoms with Gasteiger partial charge in [0, 0.05) is 19.6 Å². The molecule has 0 aliphatic carbocycles. The molecule has 0 spiro atoms. The summed E-state index contributed by atoms with van der Waals surface area (Å²) in [6.07, 6.45) is 2.96. The molecule has 0 aromatic rings. The average molecular weight is 320 g/mol. The van der Waals surface area contributed by atoms with Crippen molar-refractivity contribution in [2.24, 2.45) is 0 Å². The summed E-state index contributed by atoms with van der Waals surface area (Å²) in [4.78, 5) is 23.2. The highest BCUT2D eigenvalue weighted by Crippen LogP contribution is 2.18. The van der Waals surface area contributed by atoms with Crippen molar-refractivity contribution in [2.45, 2.75) is 58.1 Å². The maximum absolute atomic E-state index is 11.8. The second-order valence-corrected chi connectivity index (χ2v) is 6.64. The molecule has 1 aliphatic heterocycles. The Morgan fingerprint density at radius 2 is 1.86 bits per heavy atom. The molecule has 1 fully saturated rings. The van der Waals surface area contributed by atoms with Gasteiger partial charge in [0.05, 0.1) is 0 Å². The highest BCUT2D eigenvalue weighted by molar-refractivity contribution is 6.15. The molecular weight excluding hydrogens is 294 g/mol. The third-order valence-corrected chi connectivity index (χ3v) is 3.47. The van der Waals surface area contributed by atoms with E-state index in [9.17, 15) is 9.59 Å². The number of alkyl carbamates (subject to hydrolysis) is 1. The first-order valence-electron chi connectivity index (χ1n) is 7.46. The lowest BCUT2D eigenvalue weighted by molar-refractivity contribution is -0.124. The van der Waals surface area contributed by atoms with Crippen molar-refractivity contribution < 1.29 is 14.3 Å². The van der Waals surface area contributed by atoms with Gasteiger partial charge in [-0.1, -0.05) is 0 Å². The van der Waals surface area contributed by atoms with E-state index < -0.39 is 11.7 Å². The van der Waals surface area contributed by atoms with Crippen LogP contribution in [-0.4, -0.2) is 47.7 Å². The van der Waals surface area contributed by atoms with E-state index >= 15 is 0 Å². The molecule has 7 heteroatoms. The minimum Gasteiger partial charge on any atom is -0.444 e. The van der Waals surface area contributed by atoms with Gasteiger partial charge in [-0.05, 0) is 58.2 Å². The Balaban J connectivity index is 2.02. The van der Waals surface area contributed by atoms with E-state index in [0.717, 1.165) is 32.2 Å². The second kappa shape index (κ2) is 8.44. The van der Waals surface area contributed by atoms with Gasteiger partial charge in [0.15, 0.2) is 0 Å². The molecule has 1 rings (SSSR count). The first-order valence-corrected chi connectivity index (χ1v) is 7.80. The van der Waals surface area contributed by atoms with Crippen LogP contribution in [0.2, 0.25) is 0 Å². The van der Waals surface area contributed by atoms with Gasteiger partial charge in [-0.3, -0.25) is 4.79 Å². The predicted molar refractivity (Wildman–Crippen MR) is 82.1 cm³/mol. The number of carbonyl (C=O) groups is 2. The zero-order valence-electron chi connectivity index (χ0n) is 13.1. The molecule has 1 atom stereocenters. The van der Waals surface area contributed by atoms with Crippen LogP contribution in [-0.2, 0) is 9.53 Å². The molecule has 0 saturated carbocycles. The fourth-order valence-electron chi connectivity index (χ4n) is 2.07. The van der Waals surface area contributed by atoms with E-state index in [1.807, 2.05) is 20.8 Å². The first kappa shape index (κ1) is 18.0. The summed E-state index contributed by atoms with van der Waals surface area (Å²) >= 11 is 5.93. The van der Waals surface area contributed by atoms with Gasteiger partial charge < -0.3 is 15.4 Å². The summed E-state index contributed by atoms with van der Waals surface area (Å²) in [6.45, 7) is 7.37. The largest absolute Gasteiger partial charge is 0.444 e. The van der Waals surface area contributed by atoms with Crippen molar-refractivity contribution in [3.05, 3.63) is 0 Å². The lowest BCUT2D eigenvalue weighted by Crippen LogP contribution is -2.40. The Labute approximate surface area is 131 Å². The van der Waals surface area contributed by atoms with Crippen LogP contribution in [0.3, 0.4) is 0 Å². The molecule has 1 aliphatic rings. The van der Waals surface area contributed by atoms with Crippen LogP contribution < -0.4 is 10.6 Å². The van der Waals surface area contributed by atoms with Crippen molar-refractivity contribution >= 4 is 23.8 Å². The Morgan fingerprint density at radius 3 is 2.38 bits per heavy atom. The first-order chi connectivity index (χ1) is 9.79. The quantitative estimate of drug-likeness (QED) is 0.580. The van der Waals surface area contributed by atoms with Crippen LogP contribution in [0, 0.1) is 0 Å².